The van der Waals surface area contributed by atoms with Crippen molar-refractivity contribution in [2.45, 2.75) is 33.4 Å². The second-order valence-corrected chi connectivity index (χ2v) is 5.98. The number of hydrogen-bond donors (Lipinski definition) is 2. The zero-order chi connectivity index (χ0) is 15.4. The van der Waals surface area contributed by atoms with E-state index in [9.17, 15) is 5.11 Å². The molecule has 2 N–H and O–H groups in total. The highest BCUT2D eigenvalue weighted by atomic mass is 16.3. The minimum Gasteiger partial charge on any atom is -0.394 e. The lowest BCUT2D eigenvalue weighted by molar-refractivity contribution is 0.269. The van der Waals surface area contributed by atoms with Crippen molar-refractivity contribution in [2.24, 2.45) is 5.92 Å². The number of hydrogen-bond acceptors (Lipinski definition) is 4. The minimum atomic E-state index is 0.0405. The van der Waals surface area contributed by atoms with Gasteiger partial charge in [-0.25, -0.2) is 4.98 Å². The number of anilines is 1. The van der Waals surface area contributed by atoms with Gasteiger partial charge in [0.15, 0.2) is 5.82 Å². The number of fused-ring (bicyclic) bond motifs is 1. The normalized spacial score (nSPS) is 13.0. The van der Waals surface area contributed by atoms with E-state index in [1.54, 1.807) is 0 Å². The second kappa shape index (κ2) is 6.91. The van der Waals surface area contributed by atoms with Gasteiger partial charge in [0.05, 0.1) is 18.3 Å². The van der Waals surface area contributed by atoms with Gasteiger partial charge in [-0.05, 0) is 31.5 Å². The highest BCUT2D eigenvalue weighted by Gasteiger charge is 2.18. The molecule has 0 aromatic carbocycles. The molecule has 0 spiro atoms. The van der Waals surface area contributed by atoms with Crippen LogP contribution in [0.1, 0.15) is 26.5 Å². The largest absolute Gasteiger partial charge is 0.394 e. The maximum Gasteiger partial charge on any atom is 0.152 e. The Morgan fingerprint density at radius 3 is 2.76 bits per heavy atom. The summed E-state index contributed by atoms with van der Waals surface area (Å²) < 4.78 is 2.11. The van der Waals surface area contributed by atoms with Crippen LogP contribution in [0.2, 0.25) is 0 Å². The van der Waals surface area contributed by atoms with Crippen molar-refractivity contribution >= 4 is 11.5 Å². The summed E-state index contributed by atoms with van der Waals surface area (Å²) in [6, 6.07) is 6.05. The van der Waals surface area contributed by atoms with Crippen molar-refractivity contribution in [2.75, 3.05) is 25.1 Å². The smallest absolute Gasteiger partial charge is 0.152 e. The molecule has 2 aromatic rings. The van der Waals surface area contributed by atoms with Crippen LogP contribution >= 0.6 is 0 Å². The van der Waals surface area contributed by atoms with Crippen molar-refractivity contribution in [3.05, 3.63) is 30.1 Å². The number of rotatable bonds is 7. The topological polar surface area (TPSA) is 52.8 Å². The quantitative estimate of drug-likeness (QED) is 0.818. The first-order valence-electron chi connectivity index (χ1n) is 7.55. The summed E-state index contributed by atoms with van der Waals surface area (Å²) in [7, 11) is 1.98. The first-order chi connectivity index (χ1) is 10.0. The van der Waals surface area contributed by atoms with Crippen molar-refractivity contribution in [1.29, 1.82) is 0 Å². The molecule has 0 bridgehead atoms. The highest BCUT2D eigenvalue weighted by molar-refractivity contribution is 5.56. The molecule has 5 heteroatoms. The van der Waals surface area contributed by atoms with Crippen LogP contribution in [0.3, 0.4) is 0 Å². The van der Waals surface area contributed by atoms with Gasteiger partial charge >= 0.3 is 0 Å². The molecule has 0 aliphatic rings. The van der Waals surface area contributed by atoms with Crippen molar-refractivity contribution in [3.63, 3.8) is 0 Å². The molecule has 5 nitrogen and oxygen atoms in total. The lowest BCUT2D eigenvalue weighted by atomic mass is 10.2. The monoisotopic (exact) mass is 290 g/mol. The third-order valence-corrected chi connectivity index (χ3v) is 3.71. The van der Waals surface area contributed by atoms with Crippen LogP contribution in [0.4, 0.5) is 5.82 Å². The van der Waals surface area contributed by atoms with Gasteiger partial charge < -0.3 is 19.7 Å². The molecule has 2 rings (SSSR count). The van der Waals surface area contributed by atoms with E-state index in [1.165, 1.54) is 0 Å². The summed E-state index contributed by atoms with van der Waals surface area (Å²) in [5.74, 6) is 1.54. The van der Waals surface area contributed by atoms with Crippen LogP contribution in [-0.4, -0.2) is 40.7 Å². The Balaban J connectivity index is 2.33. The Morgan fingerprint density at radius 1 is 1.33 bits per heavy atom. The van der Waals surface area contributed by atoms with Crippen LogP contribution in [0.15, 0.2) is 24.4 Å². The van der Waals surface area contributed by atoms with E-state index in [4.69, 9.17) is 4.98 Å². The van der Waals surface area contributed by atoms with E-state index < -0.39 is 0 Å². The molecule has 116 valence electrons. The highest BCUT2D eigenvalue weighted by Crippen LogP contribution is 2.22. The van der Waals surface area contributed by atoms with Crippen LogP contribution < -0.4 is 10.2 Å². The fraction of sp³-hybridized carbons (Fsp3) is 0.562. The Kier molecular flexibility index (Phi) is 5.20. The van der Waals surface area contributed by atoms with Crippen molar-refractivity contribution in [1.82, 2.24) is 14.7 Å². The first kappa shape index (κ1) is 15.8. The molecule has 2 heterocycles. The summed E-state index contributed by atoms with van der Waals surface area (Å²) in [6.07, 6.45) is 2.04. The number of likely N-dealkylation sites (N-methyl/N-ethyl adjacent to an activating group) is 1. The number of aliphatic hydroxyl groups excluding tert-OH is 1. The third-order valence-electron chi connectivity index (χ3n) is 3.71. The van der Waals surface area contributed by atoms with Gasteiger partial charge in [0.25, 0.3) is 0 Å². The molecule has 0 aliphatic heterocycles. The zero-order valence-corrected chi connectivity index (χ0v) is 13.4. The lowest BCUT2D eigenvalue weighted by Gasteiger charge is -2.24. The zero-order valence-electron chi connectivity index (χ0n) is 13.4. The average molecular weight is 290 g/mol. The van der Waals surface area contributed by atoms with E-state index in [0.29, 0.717) is 5.92 Å². The van der Waals surface area contributed by atoms with E-state index in [0.717, 1.165) is 30.2 Å². The summed E-state index contributed by atoms with van der Waals surface area (Å²) in [5, 5.41) is 12.9. The van der Waals surface area contributed by atoms with E-state index in [1.807, 2.05) is 43.3 Å². The predicted molar refractivity (Wildman–Crippen MR) is 86.7 cm³/mol. The van der Waals surface area contributed by atoms with Crippen molar-refractivity contribution in [3.8, 4) is 0 Å². The summed E-state index contributed by atoms with van der Waals surface area (Å²) >= 11 is 0. The second-order valence-electron chi connectivity index (χ2n) is 5.98. The molecule has 1 atom stereocenters. The molecule has 1 unspecified atom stereocenters. The molecule has 0 amide bonds. The lowest BCUT2D eigenvalue weighted by Crippen LogP contribution is -2.33. The fourth-order valence-corrected chi connectivity index (χ4v) is 2.29. The minimum absolute atomic E-state index is 0.0405. The van der Waals surface area contributed by atoms with Crippen LogP contribution in [-0.2, 0) is 6.54 Å². The van der Waals surface area contributed by atoms with Gasteiger partial charge in [-0.2, -0.15) is 0 Å². The number of pyridine rings is 1. The van der Waals surface area contributed by atoms with E-state index in [2.05, 4.69) is 23.6 Å². The van der Waals surface area contributed by atoms with Gasteiger partial charge in [0, 0.05) is 19.8 Å². The van der Waals surface area contributed by atoms with Crippen LogP contribution in [0, 0.1) is 5.92 Å². The van der Waals surface area contributed by atoms with Crippen molar-refractivity contribution < 1.29 is 5.11 Å². The Labute approximate surface area is 126 Å². The molecule has 2 aromatic heterocycles. The molecule has 21 heavy (non-hydrogen) atoms. The number of imidazole rings is 1. The maximum absolute atomic E-state index is 9.39. The Bertz CT molecular complexity index is 579. The third kappa shape index (κ3) is 3.54. The SMILES string of the molecule is CC(C)CNCc1c(N(C)C(C)CO)nc2ccccn12. The van der Waals surface area contributed by atoms with Crippen LogP contribution in [0.5, 0.6) is 0 Å². The molecule has 0 fully saturated rings. The number of aromatic nitrogens is 2. The fourth-order valence-electron chi connectivity index (χ4n) is 2.29. The van der Waals surface area contributed by atoms with Crippen LogP contribution in [0.25, 0.3) is 5.65 Å². The van der Waals surface area contributed by atoms with Gasteiger partial charge in [-0.15, -0.1) is 0 Å². The van der Waals surface area contributed by atoms with E-state index >= 15 is 0 Å². The summed E-state index contributed by atoms with van der Waals surface area (Å²) in [4.78, 5) is 6.76. The van der Waals surface area contributed by atoms with Gasteiger partial charge in [-0.1, -0.05) is 19.9 Å². The number of aliphatic hydroxyl groups is 1. The Hall–Kier alpha value is -1.59. The molecule has 0 radical (unpaired) electrons. The maximum atomic E-state index is 9.39. The summed E-state index contributed by atoms with van der Waals surface area (Å²) in [6.45, 7) is 8.24. The Morgan fingerprint density at radius 2 is 2.10 bits per heavy atom. The molecular formula is C16H26N4O. The van der Waals surface area contributed by atoms with Gasteiger partial charge in [0.1, 0.15) is 5.65 Å². The predicted octanol–water partition coefficient (Wildman–Crippen LogP) is 1.90. The summed E-state index contributed by atoms with van der Waals surface area (Å²) in [5.41, 5.74) is 2.07. The first-order valence-corrected chi connectivity index (χ1v) is 7.55. The van der Waals surface area contributed by atoms with Gasteiger partial charge in [0.2, 0.25) is 0 Å². The van der Waals surface area contributed by atoms with Gasteiger partial charge in [-0.3, -0.25) is 0 Å². The number of nitrogens with zero attached hydrogens (tertiary/aromatic N) is 3. The average Bonchev–Trinajstić information content (AvgIpc) is 2.84. The molecular weight excluding hydrogens is 264 g/mol. The molecule has 0 saturated carbocycles. The molecule has 0 saturated heterocycles. The number of nitrogens with one attached hydrogen (secondary N) is 1. The molecule has 0 aliphatic carbocycles. The standard InChI is InChI=1S/C16H26N4O/c1-12(2)9-17-10-14-16(19(4)13(3)11-21)18-15-7-5-6-8-20(14)15/h5-8,12-13,17,21H,9-11H2,1-4H3. The van der Waals surface area contributed by atoms with E-state index in [-0.39, 0.29) is 12.6 Å².